The van der Waals surface area contributed by atoms with Crippen LogP contribution in [0.3, 0.4) is 0 Å². The first kappa shape index (κ1) is 9.09. The van der Waals surface area contributed by atoms with Crippen LogP contribution in [0.1, 0.15) is 5.69 Å². The fraction of sp³-hybridized carbons (Fsp3) is 0.182. The van der Waals surface area contributed by atoms with Gasteiger partial charge in [-0.15, -0.1) is 0 Å². The number of halogens is 1. The van der Waals surface area contributed by atoms with Crippen LogP contribution in [-0.2, 0) is 6.42 Å². The molecule has 14 heavy (non-hydrogen) atoms. The third kappa shape index (κ3) is 1.59. The zero-order valence-corrected chi connectivity index (χ0v) is 7.70. The molecule has 0 saturated heterocycles. The second-order valence-corrected chi connectivity index (χ2v) is 3.16. The van der Waals surface area contributed by atoms with Gasteiger partial charge >= 0.3 is 0 Å². The summed E-state index contributed by atoms with van der Waals surface area (Å²) in [7, 11) is 0. The van der Waals surface area contributed by atoms with Crippen LogP contribution in [0.25, 0.3) is 10.8 Å². The van der Waals surface area contributed by atoms with E-state index in [1.165, 1.54) is 12.1 Å². The SMILES string of the molecule is NCCc1nccc2cc(F)ccc12. The quantitative estimate of drug-likeness (QED) is 0.785. The number of hydrogen-bond acceptors (Lipinski definition) is 2. The Hall–Kier alpha value is -1.48. The summed E-state index contributed by atoms with van der Waals surface area (Å²) >= 11 is 0. The van der Waals surface area contributed by atoms with Crippen molar-refractivity contribution in [2.45, 2.75) is 6.42 Å². The molecule has 0 bridgehead atoms. The molecule has 0 fully saturated rings. The average Bonchev–Trinajstić information content (AvgIpc) is 2.18. The number of nitrogens with two attached hydrogens (primary N) is 1. The van der Waals surface area contributed by atoms with Crippen molar-refractivity contribution in [2.24, 2.45) is 5.73 Å². The van der Waals surface area contributed by atoms with Crippen LogP contribution in [0.5, 0.6) is 0 Å². The molecule has 3 heteroatoms. The minimum Gasteiger partial charge on any atom is -0.330 e. The highest BCUT2D eigenvalue weighted by molar-refractivity contribution is 5.84. The number of rotatable bonds is 2. The van der Waals surface area contributed by atoms with E-state index < -0.39 is 0 Å². The minimum absolute atomic E-state index is 0.220. The lowest BCUT2D eigenvalue weighted by Crippen LogP contribution is -2.04. The van der Waals surface area contributed by atoms with Crippen molar-refractivity contribution < 1.29 is 4.39 Å². The van der Waals surface area contributed by atoms with Gasteiger partial charge in [0.1, 0.15) is 5.82 Å². The van der Waals surface area contributed by atoms with Crippen molar-refractivity contribution in [2.75, 3.05) is 6.54 Å². The molecule has 2 aromatic rings. The standard InChI is InChI=1S/C11H11FN2/c12-9-1-2-10-8(7-9)4-6-14-11(10)3-5-13/h1-2,4,6-7H,3,5,13H2. The molecular formula is C11H11FN2. The maximum absolute atomic E-state index is 12.9. The summed E-state index contributed by atoms with van der Waals surface area (Å²) in [6.07, 6.45) is 2.41. The van der Waals surface area contributed by atoms with Gasteiger partial charge in [0.25, 0.3) is 0 Å². The third-order valence-corrected chi connectivity index (χ3v) is 2.19. The Morgan fingerprint density at radius 3 is 2.93 bits per heavy atom. The van der Waals surface area contributed by atoms with Crippen molar-refractivity contribution in [3.8, 4) is 0 Å². The summed E-state index contributed by atoms with van der Waals surface area (Å²) in [6, 6.07) is 6.52. The largest absolute Gasteiger partial charge is 0.330 e. The zero-order chi connectivity index (χ0) is 9.97. The molecule has 2 nitrogen and oxygen atoms in total. The molecule has 0 spiro atoms. The van der Waals surface area contributed by atoms with Crippen LogP contribution in [0.4, 0.5) is 4.39 Å². The van der Waals surface area contributed by atoms with Gasteiger partial charge in [0.15, 0.2) is 0 Å². The number of fused-ring (bicyclic) bond motifs is 1. The van der Waals surface area contributed by atoms with E-state index in [0.29, 0.717) is 6.54 Å². The molecule has 2 N–H and O–H groups in total. The number of pyridine rings is 1. The van der Waals surface area contributed by atoms with Crippen LogP contribution in [-0.4, -0.2) is 11.5 Å². The van der Waals surface area contributed by atoms with Crippen LogP contribution in [0, 0.1) is 5.82 Å². The van der Waals surface area contributed by atoms with Crippen molar-refractivity contribution >= 4 is 10.8 Å². The Bertz CT molecular complexity index is 454. The van der Waals surface area contributed by atoms with Crippen molar-refractivity contribution in [1.82, 2.24) is 4.98 Å². The molecule has 0 aliphatic carbocycles. The Balaban J connectivity index is 2.62. The van der Waals surface area contributed by atoms with Crippen molar-refractivity contribution in [3.05, 3.63) is 42.0 Å². The molecular weight excluding hydrogens is 179 g/mol. The topological polar surface area (TPSA) is 38.9 Å². The van der Waals surface area contributed by atoms with Gasteiger partial charge in [-0.25, -0.2) is 4.39 Å². The van der Waals surface area contributed by atoms with E-state index in [1.54, 1.807) is 18.3 Å². The number of benzene rings is 1. The molecule has 72 valence electrons. The predicted molar refractivity (Wildman–Crippen MR) is 54.5 cm³/mol. The lowest BCUT2D eigenvalue weighted by atomic mass is 10.1. The van der Waals surface area contributed by atoms with E-state index in [0.717, 1.165) is 22.9 Å². The lowest BCUT2D eigenvalue weighted by Gasteiger charge is -2.03. The highest BCUT2D eigenvalue weighted by Crippen LogP contribution is 2.17. The molecule has 2 rings (SSSR count). The summed E-state index contributed by atoms with van der Waals surface area (Å²) in [6.45, 7) is 0.559. The summed E-state index contributed by atoms with van der Waals surface area (Å²) in [5.41, 5.74) is 6.40. The maximum Gasteiger partial charge on any atom is 0.123 e. The first-order valence-electron chi connectivity index (χ1n) is 4.54. The van der Waals surface area contributed by atoms with E-state index in [9.17, 15) is 4.39 Å². The molecule has 1 aromatic carbocycles. The van der Waals surface area contributed by atoms with Gasteiger partial charge in [0.2, 0.25) is 0 Å². The van der Waals surface area contributed by atoms with Crippen molar-refractivity contribution in [3.63, 3.8) is 0 Å². The summed E-state index contributed by atoms with van der Waals surface area (Å²) < 4.78 is 12.9. The van der Waals surface area contributed by atoms with Gasteiger partial charge in [0, 0.05) is 23.7 Å². The fourth-order valence-electron chi connectivity index (χ4n) is 1.55. The van der Waals surface area contributed by atoms with E-state index in [2.05, 4.69) is 4.98 Å². The van der Waals surface area contributed by atoms with Crippen LogP contribution >= 0.6 is 0 Å². The zero-order valence-electron chi connectivity index (χ0n) is 7.70. The first-order chi connectivity index (χ1) is 6.81. The molecule has 0 radical (unpaired) electrons. The molecule has 0 saturated carbocycles. The Kier molecular flexibility index (Phi) is 2.41. The second kappa shape index (κ2) is 3.72. The molecule has 0 amide bonds. The first-order valence-corrected chi connectivity index (χ1v) is 4.54. The Morgan fingerprint density at radius 1 is 1.29 bits per heavy atom. The smallest absolute Gasteiger partial charge is 0.123 e. The second-order valence-electron chi connectivity index (χ2n) is 3.16. The monoisotopic (exact) mass is 190 g/mol. The summed E-state index contributed by atoms with van der Waals surface area (Å²) in [5.74, 6) is -0.220. The van der Waals surface area contributed by atoms with Gasteiger partial charge in [-0.05, 0) is 36.2 Å². The lowest BCUT2D eigenvalue weighted by molar-refractivity contribution is 0.629. The van der Waals surface area contributed by atoms with Crippen LogP contribution < -0.4 is 5.73 Å². The Labute approximate surface area is 81.6 Å². The molecule has 1 heterocycles. The molecule has 0 unspecified atom stereocenters. The summed E-state index contributed by atoms with van der Waals surface area (Å²) in [4.78, 5) is 4.22. The molecule has 1 aromatic heterocycles. The highest BCUT2D eigenvalue weighted by Gasteiger charge is 2.01. The molecule has 0 atom stereocenters. The molecule has 0 aliphatic heterocycles. The number of nitrogens with zero attached hydrogens (tertiary/aromatic N) is 1. The Morgan fingerprint density at radius 2 is 2.14 bits per heavy atom. The fourth-order valence-corrected chi connectivity index (χ4v) is 1.55. The van der Waals surface area contributed by atoms with Gasteiger partial charge in [-0.3, -0.25) is 4.98 Å². The van der Waals surface area contributed by atoms with Crippen LogP contribution in [0.2, 0.25) is 0 Å². The number of aromatic nitrogens is 1. The van der Waals surface area contributed by atoms with E-state index >= 15 is 0 Å². The van der Waals surface area contributed by atoms with Crippen molar-refractivity contribution in [1.29, 1.82) is 0 Å². The van der Waals surface area contributed by atoms with E-state index in [-0.39, 0.29) is 5.82 Å². The van der Waals surface area contributed by atoms with E-state index in [4.69, 9.17) is 5.73 Å². The summed E-state index contributed by atoms with van der Waals surface area (Å²) in [5, 5.41) is 1.86. The highest BCUT2D eigenvalue weighted by atomic mass is 19.1. The third-order valence-electron chi connectivity index (χ3n) is 2.19. The predicted octanol–water partition coefficient (Wildman–Crippen LogP) is 1.88. The van der Waals surface area contributed by atoms with Gasteiger partial charge in [-0.2, -0.15) is 0 Å². The van der Waals surface area contributed by atoms with Crippen LogP contribution in [0.15, 0.2) is 30.5 Å². The average molecular weight is 190 g/mol. The minimum atomic E-state index is -0.220. The maximum atomic E-state index is 12.9. The number of hydrogen-bond donors (Lipinski definition) is 1. The van der Waals surface area contributed by atoms with Gasteiger partial charge in [0.05, 0.1) is 0 Å². The molecule has 0 aliphatic rings. The van der Waals surface area contributed by atoms with Gasteiger partial charge in [-0.1, -0.05) is 0 Å². The van der Waals surface area contributed by atoms with Gasteiger partial charge < -0.3 is 5.73 Å². The normalized spacial score (nSPS) is 10.7. The van der Waals surface area contributed by atoms with E-state index in [1.807, 2.05) is 0 Å².